The number of aliphatic imine (C=N–C) groups is 1. The highest BCUT2D eigenvalue weighted by molar-refractivity contribution is 14.0. The number of carbonyl (C=O) groups excluding carboxylic acids is 1. The van der Waals surface area contributed by atoms with E-state index in [1.807, 2.05) is 25.1 Å². The summed E-state index contributed by atoms with van der Waals surface area (Å²) >= 11 is 0. The molecular weight excluding hydrogens is 486 g/mol. The molecule has 0 atom stereocenters. The first-order valence-electron chi connectivity index (χ1n) is 9.14. The molecule has 0 fully saturated rings. The van der Waals surface area contributed by atoms with Gasteiger partial charge < -0.3 is 20.7 Å². The topological polar surface area (TPSA) is 74.8 Å². The van der Waals surface area contributed by atoms with Crippen molar-refractivity contribution in [3.63, 3.8) is 0 Å². The normalized spacial score (nSPS) is 10.7. The molecule has 158 valence electrons. The number of methoxy groups -OCH3 is 1. The molecule has 0 aliphatic rings. The molecule has 0 spiro atoms. The number of ether oxygens (including phenoxy) is 1. The molecule has 0 aromatic heterocycles. The van der Waals surface area contributed by atoms with Crippen molar-refractivity contribution in [1.29, 1.82) is 0 Å². The Morgan fingerprint density at radius 2 is 1.86 bits per heavy atom. The van der Waals surface area contributed by atoms with Crippen molar-refractivity contribution in [2.75, 3.05) is 19.0 Å². The molecule has 29 heavy (non-hydrogen) atoms. The number of rotatable bonds is 7. The predicted octanol–water partition coefficient (Wildman–Crippen LogP) is 3.97. The minimum Gasteiger partial charge on any atom is -0.495 e. The third kappa shape index (κ3) is 7.88. The number of amides is 1. The van der Waals surface area contributed by atoms with Crippen molar-refractivity contribution in [3.05, 3.63) is 58.9 Å². The Morgan fingerprint density at radius 1 is 1.14 bits per heavy atom. The van der Waals surface area contributed by atoms with E-state index in [1.165, 1.54) is 13.0 Å². The van der Waals surface area contributed by atoms with Crippen molar-refractivity contribution in [2.24, 2.45) is 4.99 Å². The molecule has 0 aliphatic carbocycles. The number of hydrogen-bond donors (Lipinski definition) is 3. The van der Waals surface area contributed by atoms with E-state index in [0.717, 1.165) is 11.1 Å². The number of guanidine groups is 1. The summed E-state index contributed by atoms with van der Waals surface area (Å²) < 4.78 is 19.0. The average Bonchev–Trinajstić information content (AvgIpc) is 2.66. The Kier molecular flexibility index (Phi) is 10.4. The third-order valence-corrected chi connectivity index (χ3v) is 4.03. The van der Waals surface area contributed by atoms with Gasteiger partial charge in [-0.2, -0.15) is 0 Å². The summed E-state index contributed by atoms with van der Waals surface area (Å²) in [5.41, 5.74) is 2.99. The Hall–Kier alpha value is -2.36. The Labute approximate surface area is 188 Å². The first-order valence-corrected chi connectivity index (χ1v) is 9.14. The van der Waals surface area contributed by atoms with Crippen LogP contribution in [0.3, 0.4) is 0 Å². The van der Waals surface area contributed by atoms with Gasteiger partial charge in [0.1, 0.15) is 11.6 Å². The Balaban J connectivity index is 0.00000420. The van der Waals surface area contributed by atoms with Gasteiger partial charge in [0.05, 0.1) is 19.3 Å². The second-order valence-corrected chi connectivity index (χ2v) is 6.35. The molecule has 0 heterocycles. The Bertz CT molecular complexity index is 859. The van der Waals surface area contributed by atoms with E-state index in [9.17, 15) is 9.18 Å². The van der Waals surface area contributed by atoms with Crippen LogP contribution in [-0.4, -0.2) is 25.5 Å². The van der Waals surface area contributed by atoms with Crippen LogP contribution in [-0.2, 0) is 17.9 Å². The van der Waals surface area contributed by atoms with Gasteiger partial charge in [-0.15, -0.1) is 24.0 Å². The van der Waals surface area contributed by atoms with Gasteiger partial charge in [-0.05, 0) is 48.7 Å². The molecule has 0 unspecified atom stereocenters. The van der Waals surface area contributed by atoms with Crippen molar-refractivity contribution >= 4 is 41.5 Å². The minimum absolute atomic E-state index is 0. The van der Waals surface area contributed by atoms with Crippen LogP contribution in [0.5, 0.6) is 5.75 Å². The summed E-state index contributed by atoms with van der Waals surface area (Å²) in [6.07, 6.45) is 0. The molecule has 2 rings (SSSR count). The van der Waals surface area contributed by atoms with Crippen molar-refractivity contribution < 1.29 is 13.9 Å². The summed E-state index contributed by atoms with van der Waals surface area (Å²) in [7, 11) is 1.56. The number of carbonyl (C=O) groups is 1. The van der Waals surface area contributed by atoms with E-state index in [0.29, 0.717) is 42.6 Å². The first kappa shape index (κ1) is 24.7. The molecule has 2 aromatic rings. The van der Waals surface area contributed by atoms with Crippen molar-refractivity contribution in [2.45, 2.75) is 33.9 Å². The molecule has 0 saturated carbocycles. The number of aryl methyl sites for hydroxylation is 1. The monoisotopic (exact) mass is 514 g/mol. The highest BCUT2D eigenvalue weighted by Gasteiger charge is 2.07. The average molecular weight is 514 g/mol. The summed E-state index contributed by atoms with van der Waals surface area (Å²) in [4.78, 5) is 15.9. The highest BCUT2D eigenvalue weighted by Crippen LogP contribution is 2.25. The van der Waals surface area contributed by atoms with E-state index in [-0.39, 0.29) is 35.7 Å². The van der Waals surface area contributed by atoms with Gasteiger partial charge >= 0.3 is 0 Å². The summed E-state index contributed by atoms with van der Waals surface area (Å²) in [6.45, 7) is 6.74. The van der Waals surface area contributed by atoms with Gasteiger partial charge in [0.25, 0.3) is 0 Å². The lowest BCUT2D eigenvalue weighted by Crippen LogP contribution is -2.36. The smallest absolute Gasteiger partial charge is 0.221 e. The fourth-order valence-electron chi connectivity index (χ4n) is 2.59. The molecule has 1 amide bonds. The van der Waals surface area contributed by atoms with Crippen LogP contribution in [0.15, 0.2) is 41.4 Å². The maximum absolute atomic E-state index is 13.7. The van der Waals surface area contributed by atoms with Gasteiger partial charge in [-0.1, -0.05) is 18.2 Å². The zero-order valence-corrected chi connectivity index (χ0v) is 19.5. The number of benzene rings is 2. The van der Waals surface area contributed by atoms with Crippen LogP contribution in [0.2, 0.25) is 0 Å². The number of halogens is 2. The van der Waals surface area contributed by atoms with E-state index < -0.39 is 0 Å². The first-order chi connectivity index (χ1) is 13.4. The van der Waals surface area contributed by atoms with E-state index in [4.69, 9.17) is 4.74 Å². The fraction of sp³-hybridized carbons (Fsp3) is 0.333. The van der Waals surface area contributed by atoms with Crippen LogP contribution in [0.1, 0.15) is 30.5 Å². The molecule has 2 aromatic carbocycles. The molecule has 0 aliphatic heterocycles. The standard InChI is InChI=1S/C21H27FN4O2.HI/c1-5-23-21(24-12-16-7-6-14(2)18(22)10-16)25-13-17-8-9-20(28-4)19(11-17)26-15(3)27;/h6-11H,5,12-13H2,1-4H3,(H,26,27)(H2,23,24,25);1H. The molecule has 8 heteroatoms. The molecule has 0 bridgehead atoms. The number of nitrogens with one attached hydrogen (secondary N) is 3. The summed E-state index contributed by atoms with van der Waals surface area (Å²) in [5, 5.41) is 9.17. The Morgan fingerprint density at radius 3 is 2.48 bits per heavy atom. The van der Waals surface area contributed by atoms with Crippen LogP contribution in [0.4, 0.5) is 10.1 Å². The minimum atomic E-state index is -0.227. The van der Waals surface area contributed by atoms with Crippen molar-refractivity contribution in [1.82, 2.24) is 10.6 Å². The summed E-state index contributed by atoms with van der Waals surface area (Å²) in [5.74, 6) is 0.833. The molecular formula is C21H28FIN4O2. The fourth-order valence-corrected chi connectivity index (χ4v) is 2.59. The van der Waals surface area contributed by atoms with Gasteiger partial charge in [0, 0.05) is 20.0 Å². The second kappa shape index (κ2) is 12.3. The van der Waals surface area contributed by atoms with E-state index >= 15 is 0 Å². The predicted molar refractivity (Wildman–Crippen MR) is 126 cm³/mol. The van der Waals surface area contributed by atoms with Crippen LogP contribution >= 0.6 is 24.0 Å². The van der Waals surface area contributed by atoms with E-state index in [2.05, 4.69) is 20.9 Å². The van der Waals surface area contributed by atoms with Crippen LogP contribution < -0.4 is 20.7 Å². The van der Waals surface area contributed by atoms with Crippen LogP contribution in [0.25, 0.3) is 0 Å². The number of hydrogen-bond acceptors (Lipinski definition) is 3. The van der Waals surface area contributed by atoms with Crippen molar-refractivity contribution in [3.8, 4) is 5.75 Å². The summed E-state index contributed by atoms with van der Waals surface area (Å²) in [6, 6.07) is 10.7. The maximum atomic E-state index is 13.7. The second-order valence-electron chi connectivity index (χ2n) is 6.35. The molecule has 3 N–H and O–H groups in total. The van der Waals surface area contributed by atoms with Crippen LogP contribution in [0, 0.1) is 12.7 Å². The van der Waals surface area contributed by atoms with Gasteiger partial charge in [-0.25, -0.2) is 9.38 Å². The molecule has 0 saturated heterocycles. The van der Waals surface area contributed by atoms with Gasteiger partial charge in [-0.3, -0.25) is 4.79 Å². The quantitative estimate of drug-likeness (QED) is 0.297. The zero-order chi connectivity index (χ0) is 20.5. The largest absolute Gasteiger partial charge is 0.495 e. The lowest BCUT2D eigenvalue weighted by Gasteiger charge is -2.14. The highest BCUT2D eigenvalue weighted by atomic mass is 127. The maximum Gasteiger partial charge on any atom is 0.221 e. The van der Waals surface area contributed by atoms with Gasteiger partial charge in [0.2, 0.25) is 5.91 Å². The molecule has 6 nitrogen and oxygen atoms in total. The lowest BCUT2D eigenvalue weighted by molar-refractivity contribution is -0.114. The third-order valence-electron chi connectivity index (χ3n) is 4.03. The zero-order valence-electron chi connectivity index (χ0n) is 17.1. The number of nitrogens with zero attached hydrogens (tertiary/aromatic N) is 1. The van der Waals surface area contributed by atoms with Gasteiger partial charge in [0.15, 0.2) is 5.96 Å². The molecule has 0 radical (unpaired) electrons. The lowest BCUT2D eigenvalue weighted by atomic mass is 10.1. The number of anilines is 1. The van der Waals surface area contributed by atoms with E-state index in [1.54, 1.807) is 26.2 Å². The SMILES string of the molecule is CCNC(=NCc1ccc(C)c(F)c1)NCc1ccc(OC)c(NC(C)=O)c1.I.